The van der Waals surface area contributed by atoms with Crippen LogP contribution in [0.1, 0.15) is 39.7 Å². The van der Waals surface area contributed by atoms with Crippen LogP contribution in [-0.2, 0) is 4.74 Å². The number of nitrogens with one attached hydrogen (secondary N) is 1. The van der Waals surface area contributed by atoms with Crippen LogP contribution in [0.25, 0.3) is 11.1 Å². The van der Waals surface area contributed by atoms with E-state index in [2.05, 4.69) is 10.3 Å². The summed E-state index contributed by atoms with van der Waals surface area (Å²) in [6.45, 7) is 6.97. The lowest BCUT2D eigenvalue weighted by Gasteiger charge is -2.23. The fourth-order valence-electron chi connectivity index (χ4n) is 1.80. The lowest BCUT2D eigenvalue weighted by molar-refractivity contribution is 0.0410. The van der Waals surface area contributed by atoms with Gasteiger partial charge in [0.15, 0.2) is 5.58 Å². The van der Waals surface area contributed by atoms with E-state index in [0.717, 1.165) is 0 Å². The number of benzene rings is 1. The lowest BCUT2D eigenvalue weighted by Crippen LogP contribution is -2.40. The Morgan fingerprint density at radius 1 is 1.38 bits per heavy atom. The van der Waals surface area contributed by atoms with Crippen LogP contribution in [0.4, 0.5) is 4.79 Å². The number of oxazole rings is 1. The number of amides is 1. The summed E-state index contributed by atoms with van der Waals surface area (Å²) in [5.41, 5.74) is 0.666. The van der Waals surface area contributed by atoms with E-state index in [4.69, 9.17) is 9.15 Å². The Hall–Kier alpha value is -2.08. The minimum absolute atomic E-state index is 0.166. The molecule has 1 aromatic heterocycles. The first-order chi connectivity index (χ1) is 9.76. The number of aliphatic hydroxyl groups is 1. The second-order valence-electron chi connectivity index (χ2n) is 5.90. The Morgan fingerprint density at radius 3 is 2.67 bits per heavy atom. The number of alkyl carbamates (subject to hydrolysis) is 1. The minimum Gasteiger partial charge on any atom is -0.444 e. The van der Waals surface area contributed by atoms with Crippen molar-refractivity contribution >= 4 is 17.2 Å². The number of ether oxygens (including phenoxy) is 1. The SMILES string of the molecule is CC(NC(=O)OC(C)(C)C)C(O)c1nc2ccccc2o1. The fourth-order valence-corrected chi connectivity index (χ4v) is 1.80. The van der Waals surface area contributed by atoms with Gasteiger partial charge in [0.25, 0.3) is 0 Å². The second-order valence-corrected chi connectivity index (χ2v) is 5.90. The predicted molar refractivity (Wildman–Crippen MR) is 77.8 cm³/mol. The van der Waals surface area contributed by atoms with E-state index >= 15 is 0 Å². The molecule has 0 aliphatic heterocycles. The largest absolute Gasteiger partial charge is 0.444 e. The molecule has 2 atom stereocenters. The number of aromatic nitrogens is 1. The number of aliphatic hydroxyl groups excluding tert-OH is 1. The zero-order chi connectivity index (χ0) is 15.6. The molecule has 0 radical (unpaired) electrons. The minimum atomic E-state index is -1.05. The van der Waals surface area contributed by atoms with Crippen LogP contribution in [0.3, 0.4) is 0 Å². The molecule has 0 saturated heterocycles. The monoisotopic (exact) mass is 292 g/mol. The third-order valence-electron chi connectivity index (χ3n) is 2.78. The molecule has 1 amide bonds. The van der Waals surface area contributed by atoms with E-state index in [0.29, 0.717) is 11.1 Å². The normalized spacial score (nSPS) is 14.7. The summed E-state index contributed by atoms with van der Waals surface area (Å²) >= 11 is 0. The van der Waals surface area contributed by atoms with Gasteiger partial charge in [-0.3, -0.25) is 0 Å². The third kappa shape index (κ3) is 3.95. The highest BCUT2D eigenvalue weighted by Gasteiger charge is 2.25. The summed E-state index contributed by atoms with van der Waals surface area (Å²) in [7, 11) is 0. The average Bonchev–Trinajstić information content (AvgIpc) is 2.78. The predicted octanol–water partition coefficient (Wildman–Crippen LogP) is 2.77. The molecule has 0 saturated carbocycles. The molecule has 114 valence electrons. The Bertz CT molecular complexity index is 597. The van der Waals surface area contributed by atoms with Gasteiger partial charge < -0.3 is 19.6 Å². The molecule has 1 aromatic carbocycles. The summed E-state index contributed by atoms with van der Waals surface area (Å²) in [4.78, 5) is 15.9. The third-order valence-corrected chi connectivity index (χ3v) is 2.78. The number of nitrogens with zero attached hydrogens (tertiary/aromatic N) is 1. The van der Waals surface area contributed by atoms with Crippen molar-refractivity contribution in [2.45, 2.75) is 45.4 Å². The van der Waals surface area contributed by atoms with Crippen molar-refractivity contribution in [1.29, 1.82) is 0 Å². The standard InChI is InChI=1S/C15H20N2O4/c1-9(16-14(19)21-15(2,3)4)12(18)13-17-10-7-5-6-8-11(10)20-13/h5-9,12,18H,1-4H3,(H,16,19). The van der Waals surface area contributed by atoms with Crippen LogP contribution in [0.15, 0.2) is 28.7 Å². The van der Waals surface area contributed by atoms with E-state index in [1.54, 1.807) is 39.8 Å². The number of hydrogen-bond donors (Lipinski definition) is 2. The first-order valence-corrected chi connectivity index (χ1v) is 6.79. The number of fused-ring (bicyclic) bond motifs is 1. The molecule has 2 N–H and O–H groups in total. The smallest absolute Gasteiger partial charge is 0.407 e. The van der Waals surface area contributed by atoms with E-state index in [9.17, 15) is 9.90 Å². The van der Waals surface area contributed by atoms with Gasteiger partial charge in [-0.15, -0.1) is 0 Å². The van der Waals surface area contributed by atoms with Gasteiger partial charge in [0.05, 0.1) is 6.04 Å². The zero-order valence-electron chi connectivity index (χ0n) is 12.6. The van der Waals surface area contributed by atoms with Gasteiger partial charge in [-0.25, -0.2) is 9.78 Å². The summed E-state index contributed by atoms with van der Waals surface area (Å²) < 4.78 is 10.6. The van der Waals surface area contributed by atoms with Crippen LogP contribution in [0.2, 0.25) is 0 Å². The first-order valence-electron chi connectivity index (χ1n) is 6.79. The van der Waals surface area contributed by atoms with Crippen molar-refractivity contribution in [2.75, 3.05) is 0 Å². The molecule has 0 bridgehead atoms. The molecule has 6 nitrogen and oxygen atoms in total. The van der Waals surface area contributed by atoms with E-state index in [-0.39, 0.29) is 5.89 Å². The van der Waals surface area contributed by atoms with Crippen molar-refractivity contribution in [3.05, 3.63) is 30.2 Å². The quantitative estimate of drug-likeness (QED) is 0.908. The number of rotatable bonds is 3. The van der Waals surface area contributed by atoms with E-state index in [1.807, 2.05) is 12.1 Å². The van der Waals surface area contributed by atoms with Crippen molar-refractivity contribution in [1.82, 2.24) is 10.3 Å². The van der Waals surface area contributed by atoms with Crippen LogP contribution in [0.5, 0.6) is 0 Å². The van der Waals surface area contributed by atoms with Gasteiger partial charge in [0.1, 0.15) is 17.2 Å². The molecule has 2 aromatic rings. The molecule has 0 spiro atoms. The number of hydrogen-bond acceptors (Lipinski definition) is 5. The fraction of sp³-hybridized carbons (Fsp3) is 0.467. The van der Waals surface area contributed by atoms with E-state index < -0.39 is 23.8 Å². The summed E-state index contributed by atoms with van der Waals surface area (Å²) in [6.07, 6.45) is -1.64. The Kier molecular flexibility index (Phi) is 4.18. The number of carbonyl (C=O) groups excluding carboxylic acids is 1. The lowest BCUT2D eigenvalue weighted by atomic mass is 10.2. The molecular formula is C15H20N2O4. The van der Waals surface area contributed by atoms with Gasteiger partial charge in [-0.2, -0.15) is 0 Å². The van der Waals surface area contributed by atoms with Gasteiger partial charge in [0.2, 0.25) is 5.89 Å². The molecule has 0 fully saturated rings. The van der Waals surface area contributed by atoms with Crippen molar-refractivity contribution in [3.8, 4) is 0 Å². The van der Waals surface area contributed by atoms with Crippen LogP contribution >= 0.6 is 0 Å². The highest BCUT2D eigenvalue weighted by atomic mass is 16.6. The second kappa shape index (κ2) is 5.73. The molecule has 2 unspecified atom stereocenters. The summed E-state index contributed by atoms with van der Waals surface area (Å²) in [5, 5.41) is 12.8. The maximum atomic E-state index is 11.7. The average molecular weight is 292 g/mol. The maximum Gasteiger partial charge on any atom is 0.407 e. The zero-order valence-corrected chi connectivity index (χ0v) is 12.6. The van der Waals surface area contributed by atoms with E-state index in [1.165, 1.54) is 0 Å². The molecule has 0 aliphatic carbocycles. The Morgan fingerprint density at radius 2 is 2.05 bits per heavy atom. The van der Waals surface area contributed by atoms with Crippen LogP contribution in [-0.4, -0.2) is 27.8 Å². The maximum absolute atomic E-state index is 11.7. The molecule has 1 heterocycles. The van der Waals surface area contributed by atoms with Crippen molar-refractivity contribution in [3.63, 3.8) is 0 Å². The highest BCUT2D eigenvalue weighted by molar-refractivity contribution is 5.72. The molecule has 0 aliphatic rings. The number of para-hydroxylation sites is 2. The van der Waals surface area contributed by atoms with Gasteiger partial charge in [-0.1, -0.05) is 12.1 Å². The summed E-state index contributed by atoms with van der Waals surface area (Å²) in [6, 6.07) is 6.63. The topological polar surface area (TPSA) is 84.6 Å². The first kappa shape index (κ1) is 15.3. The number of carbonyl (C=O) groups is 1. The van der Waals surface area contributed by atoms with Gasteiger partial charge in [-0.05, 0) is 39.8 Å². The van der Waals surface area contributed by atoms with Crippen LogP contribution < -0.4 is 5.32 Å². The van der Waals surface area contributed by atoms with Gasteiger partial charge in [0, 0.05) is 0 Å². The van der Waals surface area contributed by atoms with Crippen molar-refractivity contribution < 1.29 is 19.1 Å². The molecular weight excluding hydrogens is 272 g/mol. The highest BCUT2D eigenvalue weighted by Crippen LogP contribution is 2.22. The molecule has 21 heavy (non-hydrogen) atoms. The van der Waals surface area contributed by atoms with Crippen LogP contribution in [0, 0.1) is 0 Å². The van der Waals surface area contributed by atoms with Crippen molar-refractivity contribution in [2.24, 2.45) is 0 Å². The molecule has 6 heteroatoms. The van der Waals surface area contributed by atoms with Gasteiger partial charge >= 0.3 is 6.09 Å². The molecule has 2 rings (SSSR count). The Labute approximate surface area is 123 Å². The Balaban J connectivity index is 2.05. The summed E-state index contributed by atoms with van der Waals surface area (Å²) in [5.74, 6) is 0.166.